The fourth-order valence-electron chi connectivity index (χ4n) is 3.72. The van der Waals surface area contributed by atoms with Crippen molar-refractivity contribution in [3.63, 3.8) is 0 Å². The number of alkyl halides is 3. The summed E-state index contributed by atoms with van der Waals surface area (Å²) in [6, 6.07) is 2.49. The minimum absolute atomic E-state index is 0.157. The van der Waals surface area contributed by atoms with E-state index < -0.39 is 11.7 Å². The van der Waals surface area contributed by atoms with Crippen LogP contribution in [0.4, 0.5) is 19.0 Å². The van der Waals surface area contributed by atoms with Gasteiger partial charge in [0.2, 0.25) is 5.91 Å². The number of rotatable bonds is 2. The first-order valence-electron chi connectivity index (χ1n) is 9.02. The van der Waals surface area contributed by atoms with Crippen molar-refractivity contribution in [1.29, 1.82) is 0 Å². The molecule has 0 aromatic carbocycles. The first-order chi connectivity index (χ1) is 11.9. The first kappa shape index (κ1) is 18.0. The van der Waals surface area contributed by atoms with Crippen LogP contribution >= 0.6 is 0 Å². The summed E-state index contributed by atoms with van der Waals surface area (Å²) >= 11 is 0. The summed E-state index contributed by atoms with van der Waals surface area (Å²) < 4.78 is 37.9. The van der Waals surface area contributed by atoms with Gasteiger partial charge in [-0.25, -0.2) is 4.98 Å². The van der Waals surface area contributed by atoms with Gasteiger partial charge >= 0.3 is 6.18 Å². The lowest BCUT2D eigenvalue weighted by atomic mass is 9.88. The van der Waals surface area contributed by atoms with E-state index in [4.69, 9.17) is 0 Å². The number of halogens is 3. The van der Waals surface area contributed by atoms with Gasteiger partial charge in [-0.3, -0.25) is 4.79 Å². The van der Waals surface area contributed by atoms with Crippen molar-refractivity contribution in [1.82, 2.24) is 9.88 Å². The molecule has 3 rings (SSSR count). The number of hydrogen-bond acceptors (Lipinski definition) is 3. The monoisotopic (exact) mass is 355 g/mol. The van der Waals surface area contributed by atoms with Crippen molar-refractivity contribution in [2.75, 3.05) is 31.1 Å². The van der Waals surface area contributed by atoms with Gasteiger partial charge in [-0.2, -0.15) is 13.2 Å². The van der Waals surface area contributed by atoms with Gasteiger partial charge in [0.25, 0.3) is 0 Å². The highest BCUT2D eigenvalue weighted by Gasteiger charge is 2.31. The number of hydrogen-bond donors (Lipinski definition) is 0. The van der Waals surface area contributed by atoms with Gasteiger partial charge in [0, 0.05) is 38.3 Å². The van der Waals surface area contributed by atoms with Crippen LogP contribution in [0.2, 0.25) is 0 Å². The van der Waals surface area contributed by atoms with Gasteiger partial charge in [0.1, 0.15) is 5.82 Å². The Bertz CT molecular complexity index is 582. The molecule has 0 N–H and O–H groups in total. The van der Waals surface area contributed by atoms with E-state index in [0.717, 1.165) is 44.4 Å². The molecule has 1 aliphatic carbocycles. The summed E-state index contributed by atoms with van der Waals surface area (Å²) in [6.45, 7) is 2.63. The Labute approximate surface area is 146 Å². The zero-order valence-corrected chi connectivity index (χ0v) is 14.3. The predicted molar refractivity (Wildman–Crippen MR) is 89.2 cm³/mol. The molecule has 0 unspecified atom stereocenters. The van der Waals surface area contributed by atoms with Crippen LogP contribution in [0.3, 0.4) is 0 Å². The molecule has 0 radical (unpaired) electrons. The molecule has 1 aliphatic heterocycles. The average molecular weight is 355 g/mol. The van der Waals surface area contributed by atoms with Gasteiger partial charge in [-0.05, 0) is 31.4 Å². The second-order valence-electron chi connectivity index (χ2n) is 6.90. The maximum atomic E-state index is 12.7. The number of pyridine rings is 1. The SMILES string of the molecule is O=C(C1CCCCC1)N1CCCN(c2ccc(C(F)(F)F)cn2)CC1. The number of amides is 1. The van der Waals surface area contributed by atoms with Gasteiger partial charge in [-0.1, -0.05) is 19.3 Å². The molecule has 1 amide bonds. The molecule has 2 heterocycles. The smallest absolute Gasteiger partial charge is 0.355 e. The lowest BCUT2D eigenvalue weighted by Crippen LogP contribution is -2.39. The lowest BCUT2D eigenvalue weighted by molar-refractivity contribution is -0.138. The fourth-order valence-corrected chi connectivity index (χ4v) is 3.72. The van der Waals surface area contributed by atoms with E-state index in [2.05, 4.69) is 4.98 Å². The van der Waals surface area contributed by atoms with E-state index in [0.29, 0.717) is 32.0 Å². The van der Waals surface area contributed by atoms with Crippen molar-refractivity contribution in [2.24, 2.45) is 5.92 Å². The Morgan fingerprint density at radius 2 is 1.76 bits per heavy atom. The minimum atomic E-state index is -4.37. The maximum Gasteiger partial charge on any atom is 0.417 e. The van der Waals surface area contributed by atoms with Crippen LogP contribution < -0.4 is 4.90 Å². The van der Waals surface area contributed by atoms with Gasteiger partial charge in [-0.15, -0.1) is 0 Å². The van der Waals surface area contributed by atoms with Crippen molar-refractivity contribution in [3.05, 3.63) is 23.9 Å². The summed E-state index contributed by atoms with van der Waals surface area (Å²) in [5, 5.41) is 0. The zero-order chi connectivity index (χ0) is 17.9. The van der Waals surface area contributed by atoms with E-state index in [-0.39, 0.29) is 11.8 Å². The Hall–Kier alpha value is -1.79. The van der Waals surface area contributed by atoms with Crippen LogP contribution in [0.5, 0.6) is 0 Å². The Morgan fingerprint density at radius 1 is 1.00 bits per heavy atom. The molecule has 2 fully saturated rings. The second kappa shape index (κ2) is 7.62. The number of aromatic nitrogens is 1. The molecule has 1 saturated carbocycles. The molecule has 1 aromatic heterocycles. The van der Waals surface area contributed by atoms with Crippen LogP contribution in [0, 0.1) is 5.92 Å². The van der Waals surface area contributed by atoms with Crippen LogP contribution in [0.15, 0.2) is 18.3 Å². The predicted octanol–water partition coefficient (Wildman–Crippen LogP) is 3.72. The van der Waals surface area contributed by atoms with Gasteiger partial charge < -0.3 is 9.80 Å². The Kier molecular flexibility index (Phi) is 5.49. The minimum Gasteiger partial charge on any atom is -0.355 e. The number of carbonyl (C=O) groups excluding carboxylic acids is 1. The van der Waals surface area contributed by atoms with Crippen molar-refractivity contribution in [2.45, 2.75) is 44.7 Å². The van der Waals surface area contributed by atoms with Crippen LogP contribution in [0.1, 0.15) is 44.1 Å². The zero-order valence-electron chi connectivity index (χ0n) is 14.3. The summed E-state index contributed by atoms with van der Waals surface area (Å²) in [5.41, 5.74) is -0.736. The van der Waals surface area contributed by atoms with Crippen LogP contribution in [-0.4, -0.2) is 42.0 Å². The van der Waals surface area contributed by atoms with Crippen LogP contribution in [-0.2, 0) is 11.0 Å². The highest BCUT2D eigenvalue weighted by atomic mass is 19.4. The third kappa shape index (κ3) is 4.44. The molecule has 138 valence electrons. The molecule has 1 aromatic rings. The molecular formula is C18H24F3N3O. The standard InChI is InChI=1S/C18H24F3N3O/c19-18(20,21)15-7-8-16(22-13-15)23-9-4-10-24(12-11-23)17(25)14-5-2-1-3-6-14/h7-8,13-14H,1-6,9-12H2. The molecular weight excluding hydrogens is 331 g/mol. The normalized spacial score (nSPS) is 20.4. The van der Waals surface area contributed by atoms with Crippen LogP contribution in [0.25, 0.3) is 0 Å². The van der Waals surface area contributed by atoms with Crippen molar-refractivity contribution in [3.8, 4) is 0 Å². The third-order valence-corrected chi connectivity index (χ3v) is 5.16. The Morgan fingerprint density at radius 3 is 2.40 bits per heavy atom. The van der Waals surface area contributed by atoms with E-state index in [1.54, 1.807) is 0 Å². The number of nitrogens with zero attached hydrogens (tertiary/aromatic N) is 3. The van der Waals surface area contributed by atoms with Gasteiger partial charge in [0.15, 0.2) is 0 Å². The molecule has 7 heteroatoms. The third-order valence-electron chi connectivity index (χ3n) is 5.16. The molecule has 0 bridgehead atoms. The largest absolute Gasteiger partial charge is 0.417 e. The number of carbonyl (C=O) groups is 1. The van der Waals surface area contributed by atoms with Crippen molar-refractivity contribution >= 4 is 11.7 Å². The highest BCUT2D eigenvalue weighted by molar-refractivity contribution is 5.79. The quantitative estimate of drug-likeness (QED) is 0.811. The average Bonchev–Trinajstić information content (AvgIpc) is 2.87. The lowest BCUT2D eigenvalue weighted by Gasteiger charge is -2.28. The molecule has 4 nitrogen and oxygen atoms in total. The topological polar surface area (TPSA) is 36.4 Å². The van der Waals surface area contributed by atoms with E-state index in [1.165, 1.54) is 12.5 Å². The summed E-state index contributed by atoms with van der Waals surface area (Å²) in [4.78, 5) is 20.5. The summed E-state index contributed by atoms with van der Waals surface area (Å²) in [7, 11) is 0. The summed E-state index contributed by atoms with van der Waals surface area (Å²) in [6.07, 6.45) is 2.77. The highest BCUT2D eigenvalue weighted by Crippen LogP contribution is 2.30. The summed E-state index contributed by atoms with van der Waals surface area (Å²) in [5.74, 6) is 0.950. The molecule has 25 heavy (non-hydrogen) atoms. The first-order valence-corrected chi connectivity index (χ1v) is 9.02. The molecule has 0 atom stereocenters. The molecule has 0 spiro atoms. The van der Waals surface area contributed by atoms with Gasteiger partial charge in [0.05, 0.1) is 5.56 Å². The van der Waals surface area contributed by atoms with Crippen molar-refractivity contribution < 1.29 is 18.0 Å². The van der Waals surface area contributed by atoms with E-state index in [9.17, 15) is 18.0 Å². The van der Waals surface area contributed by atoms with E-state index >= 15 is 0 Å². The number of anilines is 1. The molecule has 2 aliphatic rings. The Balaban J connectivity index is 1.60. The second-order valence-corrected chi connectivity index (χ2v) is 6.90. The van der Waals surface area contributed by atoms with E-state index in [1.807, 2.05) is 9.80 Å². The fraction of sp³-hybridized carbons (Fsp3) is 0.667. The maximum absolute atomic E-state index is 12.7. The molecule has 1 saturated heterocycles.